The van der Waals surface area contributed by atoms with E-state index in [4.69, 9.17) is 4.55 Å². The van der Waals surface area contributed by atoms with Gasteiger partial charge in [-0.1, -0.05) is 0 Å². The first-order valence-corrected chi connectivity index (χ1v) is 3.80. The average molecular weight is 197 g/mol. The zero-order valence-electron chi connectivity index (χ0n) is 5.21. The summed E-state index contributed by atoms with van der Waals surface area (Å²) in [5.74, 6) is 0. The van der Waals surface area contributed by atoms with Crippen LogP contribution in [0.2, 0.25) is 0 Å². The van der Waals surface area contributed by atoms with Crippen LogP contribution in [-0.2, 0) is 10.1 Å². The molecule has 0 aliphatic heterocycles. The summed E-state index contributed by atoms with van der Waals surface area (Å²) in [6.07, 6.45) is 1.31. The zero-order valence-corrected chi connectivity index (χ0v) is 6.84. The molecule has 0 amide bonds. The second-order valence-corrected chi connectivity index (χ2v) is 2.91. The fourth-order valence-electron chi connectivity index (χ4n) is 0.425. The van der Waals surface area contributed by atoms with Gasteiger partial charge in [-0.05, 0) is 12.1 Å². The van der Waals surface area contributed by atoms with Crippen LogP contribution in [0.1, 0.15) is 0 Å². The van der Waals surface area contributed by atoms with E-state index in [1.165, 1.54) is 12.3 Å². The molecule has 1 N–H and O–H groups in total. The second-order valence-electron chi connectivity index (χ2n) is 1.54. The molecule has 0 radical (unpaired) electrons. The number of hydrogen-bond donors (Lipinski definition) is 1. The maximum absolute atomic E-state index is 10.3. The van der Waals surface area contributed by atoms with Crippen LogP contribution in [0.25, 0.3) is 0 Å². The van der Waals surface area contributed by atoms with E-state index in [1.54, 1.807) is 0 Å². The van der Waals surface area contributed by atoms with E-state index in [0.717, 1.165) is 6.07 Å². The Labute approximate surface area is 69.6 Å². The summed E-state index contributed by atoms with van der Waals surface area (Å²) in [7, 11) is -4.18. The van der Waals surface area contributed by atoms with Crippen LogP contribution < -0.4 is 0 Å². The predicted octanol–water partition coefficient (Wildman–Crippen LogP) is 0.145. The molecule has 0 saturated heterocycles. The minimum Gasteiger partial charge on any atom is -0.281 e. The molecule has 0 saturated carbocycles. The lowest BCUT2D eigenvalue weighted by Gasteiger charge is -1.89. The Morgan fingerprint density at radius 1 is 1.45 bits per heavy atom. The highest BCUT2D eigenvalue weighted by Gasteiger charge is 2.09. The summed E-state index contributed by atoms with van der Waals surface area (Å²) in [4.78, 5) is 0. The summed E-state index contributed by atoms with van der Waals surface area (Å²) in [6, 6.07) is 2.53. The molecule has 1 aromatic rings. The molecule has 0 aliphatic rings. The molecule has 0 bridgehead atoms. The standard InChI is InChI=1S/C4H4N2O3S.ClH/c7-10(8,9)4-2-1-3-5-6-4;/h1-3H,(H,7,8,9);1H. The Balaban J connectivity index is 0.000001000. The van der Waals surface area contributed by atoms with Crippen molar-refractivity contribution in [2.45, 2.75) is 5.03 Å². The van der Waals surface area contributed by atoms with Crippen molar-refractivity contribution in [3.63, 3.8) is 0 Å². The normalized spacial score (nSPS) is 10.3. The molecule has 1 aromatic heterocycles. The topological polar surface area (TPSA) is 80.2 Å². The average Bonchev–Trinajstić information content (AvgIpc) is 1.88. The molecule has 0 aliphatic carbocycles. The first-order chi connectivity index (χ1) is 4.61. The van der Waals surface area contributed by atoms with Crippen LogP contribution in [-0.4, -0.2) is 23.2 Å². The summed E-state index contributed by atoms with van der Waals surface area (Å²) in [6.45, 7) is 0. The Kier molecular flexibility index (Phi) is 3.37. The van der Waals surface area contributed by atoms with Crippen molar-refractivity contribution in [1.82, 2.24) is 10.2 Å². The van der Waals surface area contributed by atoms with Gasteiger partial charge in [-0.3, -0.25) is 4.55 Å². The van der Waals surface area contributed by atoms with Gasteiger partial charge in [0.1, 0.15) is 0 Å². The summed E-state index contributed by atoms with van der Waals surface area (Å²) in [5, 5.41) is 5.99. The van der Waals surface area contributed by atoms with E-state index in [0.29, 0.717) is 0 Å². The molecule has 1 heterocycles. The van der Waals surface area contributed by atoms with Crippen LogP contribution in [0.4, 0.5) is 0 Å². The third kappa shape index (κ3) is 2.79. The SMILES string of the molecule is Cl.O=S(=O)(O)c1cccnn1. The largest absolute Gasteiger partial charge is 0.314 e. The molecule has 0 spiro atoms. The number of hydrogen-bond acceptors (Lipinski definition) is 4. The lowest BCUT2D eigenvalue weighted by Crippen LogP contribution is -2.01. The monoisotopic (exact) mass is 196 g/mol. The number of halogens is 1. The Hall–Kier alpha value is -0.720. The molecule has 0 aromatic carbocycles. The van der Waals surface area contributed by atoms with Crippen LogP contribution >= 0.6 is 12.4 Å². The van der Waals surface area contributed by atoms with Gasteiger partial charge in [0.15, 0.2) is 0 Å². The van der Waals surface area contributed by atoms with E-state index in [1.807, 2.05) is 0 Å². The summed E-state index contributed by atoms with van der Waals surface area (Å²) >= 11 is 0. The first kappa shape index (κ1) is 10.3. The molecule has 0 fully saturated rings. The number of nitrogens with zero attached hydrogens (tertiary/aromatic N) is 2. The lowest BCUT2D eigenvalue weighted by atomic mass is 10.6. The van der Waals surface area contributed by atoms with Gasteiger partial charge in [0, 0.05) is 6.20 Å². The molecule has 0 atom stereocenters. The third-order valence-electron chi connectivity index (χ3n) is 0.812. The van der Waals surface area contributed by atoms with Crippen molar-refractivity contribution in [1.29, 1.82) is 0 Å². The van der Waals surface area contributed by atoms with Gasteiger partial charge in [0.2, 0.25) is 5.03 Å². The minimum atomic E-state index is -4.18. The molecule has 5 nitrogen and oxygen atoms in total. The van der Waals surface area contributed by atoms with E-state index in [-0.39, 0.29) is 12.4 Å². The Morgan fingerprint density at radius 2 is 2.09 bits per heavy atom. The molecule has 11 heavy (non-hydrogen) atoms. The Bertz CT molecular complexity index is 311. The van der Waals surface area contributed by atoms with Gasteiger partial charge in [-0.25, -0.2) is 0 Å². The van der Waals surface area contributed by atoms with Crippen molar-refractivity contribution in [3.8, 4) is 0 Å². The van der Waals surface area contributed by atoms with Gasteiger partial charge in [-0.15, -0.1) is 17.5 Å². The lowest BCUT2D eigenvalue weighted by molar-refractivity contribution is 0.477. The number of rotatable bonds is 1. The van der Waals surface area contributed by atoms with E-state index in [2.05, 4.69) is 10.2 Å². The van der Waals surface area contributed by atoms with E-state index < -0.39 is 15.1 Å². The molecular formula is C4H5ClN2O3S. The fraction of sp³-hybridized carbons (Fsp3) is 0. The predicted molar refractivity (Wildman–Crippen MR) is 39.1 cm³/mol. The number of aromatic nitrogens is 2. The second kappa shape index (κ2) is 3.61. The van der Waals surface area contributed by atoms with Gasteiger partial charge in [-0.2, -0.15) is 13.5 Å². The van der Waals surface area contributed by atoms with Crippen molar-refractivity contribution in [2.75, 3.05) is 0 Å². The zero-order chi connectivity index (χ0) is 7.61. The maximum atomic E-state index is 10.3. The van der Waals surface area contributed by atoms with Crippen molar-refractivity contribution in [2.24, 2.45) is 0 Å². The van der Waals surface area contributed by atoms with Crippen molar-refractivity contribution < 1.29 is 13.0 Å². The van der Waals surface area contributed by atoms with Crippen LogP contribution in [0, 0.1) is 0 Å². The maximum Gasteiger partial charge on any atom is 0.314 e. The molecule has 7 heteroatoms. The third-order valence-corrected chi connectivity index (χ3v) is 1.56. The van der Waals surface area contributed by atoms with E-state index >= 15 is 0 Å². The summed E-state index contributed by atoms with van der Waals surface area (Å²) in [5.41, 5.74) is 0. The molecular weight excluding hydrogens is 192 g/mol. The fourth-order valence-corrected chi connectivity index (χ4v) is 0.826. The smallest absolute Gasteiger partial charge is 0.281 e. The van der Waals surface area contributed by atoms with E-state index in [9.17, 15) is 8.42 Å². The van der Waals surface area contributed by atoms with Crippen LogP contribution in [0.3, 0.4) is 0 Å². The van der Waals surface area contributed by atoms with Gasteiger partial charge >= 0.3 is 10.1 Å². The van der Waals surface area contributed by atoms with Gasteiger partial charge in [0.05, 0.1) is 0 Å². The minimum absolute atomic E-state index is 0. The highest BCUT2D eigenvalue weighted by molar-refractivity contribution is 7.85. The van der Waals surface area contributed by atoms with Crippen LogP contribution in [0.5, 0.6) is 0 Å². The van der Waals surface area contributed by atoms with Crippen LogP contribution in [0.15, 0.2) is 23.4 Å². The quantitative estimate of drug-likeness (QED) is 0.647. The molecule has 1 rings (SSSR count). The van der Waals surface area contributed by atoms with Crippen molar-refractivity contribution >= 4 is 22.5 Å². The van der Waals surface area contributed by atoms with Gasteiger partial charge in [0.25, 0.3) is 0 Å². The molecule has 62 valence electrons. The highest BCUT2D eigenvalue weighted by atomic mass is 35.5. The molecule has 0 unspecified atom stereocenters. The summed E-state index contributed by atoms with van der Waals surface area (Å²) < 4.78 is 28.9. The highest BCUT2D eigenvalue weighted by Crippen LogP contribution is 1.98. The van der Waals surface area contributed by atoms with Crippen molar-refractivity contribution in [3.05, 3.63) is 18.3 Å². The van der Waals surface area contributed by atoms with Gasteiger partial charge < -0.3 is 0 Å². The Morgan fingerprint density at radius 3 is 2.36 bits per heavy atom. The first-order valence-electron chi connectivity index (χ1n) is 2.36.